The number of fused-ring (bicyclic) bond motifs is 1. The molecule has 3 fully saturated rings. The highest BCUT2D eigenvalue weighted by Crippen LogP contribution is 2.46. The Morgan fingerprint density at radius 3 is 2.30 bits per heavy atom. The topological polar surface area (TPSA) is 41.6 Å². The van der Waals surface area contributed by atoms with Gasteiger partial charge in [0.2, 0.25) is 0 Å². The largest absolute Gasteiger partial charge is 0.444 e. The van der Waals surface area contributed by atoms with Gasteiger partial charge in [0, 0.05) is 25.2 Å². The predicted octanol–water partition coefficient (Wildman–Crippen LogP) is 2.77. The molecule has 1 saturated heterocycles. The van der Waals surface area contributed by atoms with Gasteiger partial charge < -0.3 is 15.0 Å². The van der Waals surface area contributed by atoms with Crippen molar-refractivity contribution in [3.8, 4) is 0 Å². The van der Waals surface area contributed by atoms with Crippen LogP contribution >= 0.6 is 0 Å². The summed E-state index contributed by atoms with van der Waals surface area (Å²) >= 11 is 0. The lowest BCUT2D eigenvalue weighted by Crippen LogP contribution is -2.41. The van der Waals surface area contributed by atoms with Crippen molar-refractivity contribution in [2.45, 2.75) is 70.6 Å². The standard InChI is InChI=1S/C16H28N2O2/c1-16(2,3)20-15(19)18-7-6-13(10-18)17-14-8-11-4-5-12(11)9-14/h11-14,17H,4-10H2,1-3H3/t11-,12+,13-,14?/m0/s1. The van der Waals surface area contributed by atoms with E-state index in [0.717, 1.165) is 31.3 Å². The molecule has 4 nitrogen and oxygen atoms in total. The summed E-state index contributed by atoms with van der Waals surface area (Å²) in [5.41, 5.74) is -0.396. The van der Waals surface area contributed by atoms with Gasteiger partial charge in [-0.25, -0.2) is 4.79 Å². The third kappa shape index (κ3) is 3.11. The van der Waals surface area contributed by atoms with E-state index in [1.54, 1.807) is 0 Å². The highest BCUT2D eigenvalue weighted by atomic mass is 16.6. The Bertz CT molecular complexity index is 365. The average Bonchev–Trinajstić information content (AvgIpc) is 2.86. The summed E-state index contributed by atoms with van der Waals surface area (Å²) in [5, 5.41) is 3.78. The Balaban J connectivity index is 1.44. The maximum Gasteiger partial charge on any atom is 0.410 e. The maximum atomic E-state index is 12.0. The van der Waals surface area contributed by atoms with Crippen LogP contribution in [0.2, 0.25) is 0 Å². The molecule has 1 N–H and O–H groups in total. The van der Waals surface area contributed by atoms with Gasteiger partial charge in [0.1, 0.15) is 5.60 Å². The van der Waals surface area contributed by atoms with Gasteiger partial charge >= 0.3 is 6.09 Å². The van der Waals surface area contributed by atoms with Crippen LogP contribution in [0.1, 0.15) is 52.9 Å². The highest BCUT2D eigenvalue weighted by Gasteiger charge is 2.41. The second kappa shape index (κ2) is 5.21. The van der Waals surface area contributed by atoms with Crippen molar-refractivity contribution in [1.29, 1.82) is 0 Å². The first-order valence-corrected chi connectivity index (χ1v) is 8.15. The van der Waals surface area contributed by atoms with E-state index >= 15 is 0 Å². The molecular weight excluding hydrogens is 252 g/mol. The van der Waals surface area contributed by atoms with Crippen LogP contribution in [0.4, 0.5) is 4.79 Å². The molecule has 20 heavy (non-hydrogen) atoms. The lowest BCUT2D eigenvalue weighted by atomic mass is 9.77. The minimum Gasteiger partial charge on any atom is -0.444 e. The number of likely N-dealkylation sites (tertiary alicyclic amines) is 1. The minimum atomic E-state index is -0.396. The van der Waals surface area contributed by atoms with E-state index in [2.05, 4.69) is 5.32 Å². The molecule has 4 atom stereocenters. The Labute approximate surface area is 122 Å². The van der Waals surface area contributed by atoms with E-state index in [1.807, 2.05) is 25.7 Å². The molecule has 2 saturated carbocycles. The molecule has 0 spiro atoms. The van der Waals surface area contributed by atoms with Crippen LogP contribution in [0.5, 0.6) is 0 Å². The summed E-state index contributed by atoms with van der Waals surface area (Å²) in [4.78, 5) is 13.9. The lowest BCUT2D eigenvalue weighted by Gasteiger charge is -2.29. The van der Waals surface area contributed by atoms with Gasteiger partial charge in [0.05, 0.1) is 0 Å². The molecule has 1 amide bonds. The van der Waals surface area contributed by atoms with Crippen molar-refractivity contribution in [3.05, 3.63) is 0 Å². The quantitative estimate of drug-likeness (QED) is 0.845. The van der Waals surface area contributed by atoms with Gasteiger partial charge in [-0.1, -0.05) is 0 Å². The molecule has 3 aliphatic rings. The molecule has 0 aromatic carbocycles. The van der Waals surface area contributed by atoms with Crippen LogP contribution < -0.4 is 5.32 Å². The normalized spacial score (nSPS) is 36.6. The minimum absolute atomic E-state index is 0.159. The molecule has 1 heterocycles. The first-order chi connectivity index (χ1) is 9.40. The summed E-state index contributed by atoms with van der Waals surface area (Å²) in [6.45, 7) is 7.40. The summed E-state index contributed by atoms with van der Waals surface area (Å²) in [6.07, 6.45) is 6.50. The van der Waals surface area contributed by atoms with Crippen LogP contribution in [0.15, 0.2) is 0 Å². The smallest absolute Gasteiger partial charge is 0.410 e. The van der Waals surface area contributed by atoms with Crippen LogP contribution in [-0.4, -0.2) is 41.8 Å². The number of rotatable bonds is 2. The molecule has 0 radical (unpaired) electrons. The van der Waals surface area contributed by atoms with E-state index in [9.17, 15) is 4.79 Å². The van der Waals surface area contributed by atoms with Crippen LogP contribution in [0.3, 0.4) is 0 Å². The molecule has 2 aliphatic carbocycles. The monoisotopic (exact) mass is 280 g/mol. The fraction of sp³-hybridized carbons (Fsp3) is 0.938. The second-order valence-electron chi connectivity index (χ2n) is 7.84. The number of hydrogen-bond donors (Lipinski definition) is 1. The molecule has 0 aromatic rings. The van der Waals surface area contributed by atoms with Gasteiger partial charge in [-0.2, -0.15) is 0 Å². The molecule has 1 unspecified atom stereocenters. The van der Waals surface area contributed by atoms with Crippen molar-refractivity contribution >= 4 is 6.09 Å². The molecule has 4 heteroatoms. The fourth-order valence-electron chi connectivity index (χ4n) is 3.94. The lowest BCUT2D eigenvalue weighted by molar-refractivity contribution is 0.0290. The van der Waals surface area contributed by atoms with Crippen molar-refractivity contribution in [1.82, 2.24) is 10.2 Å². The molecule has 1 aliphatic heterocycles. The summed E-state index contributed by atoms with van der Waals surface area (Å²) in [5.74, 6) is 1.99. The van der Waals surface area contributed by atoms with Crippen LogP contribution in [0.25, 0.3) is 0 Å². The third-order valence-electron chi connectivity index (χ3n) is 5.06. The molecular formula is C16H28N2O2. The first-order valence-electron chi connectivity index (χ1n) is 8.15. The Morgan fingerprint density at radius 2 is 1.75 bits per heavy atom. The van der Waals surface area contributed by atoms with Crippen molar-refractivity contribution in [2.24, 2.45) is 11.8 Å². The molecule has 0 bridgehead atoms. The van der Waals surface area contributed by atoms with E-state index in [1.165, 1.54) is 25.7 Å². The van der Waals surface area contributed by atoms with E-state index in [4.69, 9.17) is 4.74 Å². The third-order valence-corrected chi connectivity index (χ3v) is 5.06. The first kappa shape index (κ1) is 14.2. The molecule has 3 rings (SSSR count). The number of nitrogens with one attached hydrogen (secondary N) is 1. The number of carbonyl (C=O) groups excluding carboxylic acids is 1. The van der Waals surface area contributed by atoms with E-state index in [0.29, 0.717) is 12.1 Å². The number of carbonyl (C=O) groups is 1. The van der Waals surface area contributed by atoms with E-state index in [-0.39, 0.29) is 6.09 Å². The number of nitrogens with zero attached hydrogens (tertiary/aromatic N) is 1. The summed E-state index contributed by atoms with van der Waals surface area (Å²) in [7, 11) is 0. The highest BCUT2D eigenvalue weighted by molar-refractivity contribution is 5.68. The number of hydrogen-bond acceptors (Lipinski definition) is 3. The van der Waals surface area contributed by atoms with Crippen molar-refractivity contribution in [3.63, 3.8) is 0 Å². The van der Waals surface area contributed by atoms with Gasteiger partial charge in [-0.3, -0.25) is 0 Å². The van der Waals surface area contributed by atoms with Crippen molar-refractivity contribution < 1.29 is 9.53 Å². The fourth-order valence-corrected chi connectivity index (χ4v) is 3.94. The van der Waals surface area contributed by atoms with Crippen LogP contribution in [-0.2, 0) is 4.74 Å². The Morgan fingerprint density at radius 1 is 1.10 bits per heavy atom. The summed E-state index contributed by atoms with van der Waals surface area (Å²) in [6, 6.07) is 1.15. The van der Waals surface area contributed by atoms with Gasteiger partial charge in [0.15, 0.2) is 0 Å². The Kier molecular flexibility index (Phi) is 3.69. The molecule has 114 valence electrons. The van der Waals surface area contributed by atoms with Crippen molar-refractivity contribution in [2.75, 3.05) is 13.1 Å². The number of ether oxygens (including phenoxy) is 1. The maximum absolute atomic E-state index is 12.0. The zero-order valence-electron chi connectivity index (χ0n) is 13.0. The Hall–Kier alpha value is -0.770. The summed E-state index contributed by atoms with van der Waals surface area (Å²) < 4.78 is 5.44. The van der Waals surface area contributed by atoms with Crippen LogP contribution in [0, 0.1) is 11.8 Å². The zero-order chi connectivity index (χ0) is 14.3. The van der Waals surface area contributed by atoms with Gasteiger partial charge in [-0.05, 0) is 64.7 Å². The molecule has 0 aromatic heterocycles. The number of amides is 1. The second-order valence-corrected chi connectivity index (χ2v) is 7.84. The SMILES string of the molecule is CC(C)(C)OC(=O)N1CC[C@H](NC2C[C@H]3CC[C@H]3C2)C1. The average molecular weight is 280 g/mol. The zero-order valence-corrected chi connectivity index (χ0v) is 13.0. The predicted molar refractivity (Wildman–Crippen MR) is 78.6 cm³/mol. The van der Waals surface area contributed by atoms with Gasteiger partial charge in [0.25, 0.3) is 0 Å². The van der Waals surface area contributed by atoms with E-state index < -0.39 is 5.60 Å². The van der Waals surface area contributed by atoms with Gasteiger partial charge in [-0.15, -0.1) is 0 Å².